The van der Waals surface area contributed by atoms with Crippen molar-refractivity contribution in [2.45, 2.75) is 0 Å². The zero-order valence-electron chi connectivity index (χ0n) is 8.58. The number of carbonyl (C=O) groups excluding carboxylic acids is 1. The van der Waals surface area contributed by atoms with Gasteiger partial charge in [-0.05, 0) is 25.2 Å². The van der Waals surface area contributed by atoms with Crippen molar-refractivity contribution < 1.29 is 19.1 Å². The number of carboxylic acids is 1. The molecule has 0 aliphatic heterocycles. The van der Waals surface area contributed by atoms with Crippen LogP contribution in [0.2, 0.25) is 0 Å². The highest BCUT2D eigenvalue weighted by atomic mass is 19.1. The molecular weight excluding hydrogens is 215 g/mol. The molecule has 16 heavy (non-hydrogen) atoms. The molecule has 0 atom stereocenters. The van der Waals surface area contributed by atoms with Gasteiger partial charge in [-0.3, -0.25) is 4.79 Å². The van der Waals surface area contributed by atoms with Crippen molar-refractivity contribution in [2.24, 2.45) is 0 Å². The Balaban J connectivity index is 2.83. The fourth-order valence-corrected chi connectivity index (χ4v) is 1.10. The number of aromatic carboxylic acids is 1. The Morgan fingerprint density at radius 3 is 2.62 bits per heavy atom. The highest BCUT2D eigenvalue weighted by molar-refractivity contribution is 5.93. The van der Waals surface area contributed by atoms with Crippen LogP contribution in [0.3, 0.4) is 0 Å². The van der Waals surface area contributed by atoms with Crippen molar-refractivity contribution in [3.8, 4) is 0 Å². The van der Waals surface area contributed by atoms with Gasteiger partial charge >= 0.3 is 5.97 Å². The first-order valence-electron chi connectivity index (χ1n) is 4.52. The summed E-state index contributed by atoms with van der Waals surface area (Å²) in [5, 5.41) is 13.5. The minimum atomic E-state index is -1.22. The maximum Gasteiger partial charge on any atom is 0.335 e. The molecule has 1 rings (SSSR count). The van der Waals surface area contributed by atoms with Crippen molar-refractivity contribution in [3.63, 3.8) is 0 Å². The molecule has 0 bridgehead atoms. The van der Waals surface area contributed by atoms with Crippen LogP contribution in [0.15, 0.2) is 18.2 Å². The zero-order chi connectivity index (χ0) is 12.1. The maximum atomic E-state index is 13.3. The van der Waals surface area contributed by atoms with E-state index in [1.165, 1.54) is 12.1 Å². The highest BCUT2D eigenvalue weighted by Gasteiger charge is 2.09. The van der Waals surface area contributed by atoms with Crippen LogP contribution < -0.4 is 10.6 Å². The third-order valence-electron chi connectivity index (χ3n) is 1.83. The van der Waals surface area contributed by atoms with Gasteiger partial charge in [-0.25, -0.2) is 9.18 Å². The lowest BCUT2D eigenvalue weighted by Gasteiger charge is -2.06. The van der Waals surface area contributed by atoms with E-state index in [0.717, 1.165) is 6.07 Å². The molecule has 0 aliphatic rings. The summed E-state index contributed by atoms with van der Waals surface area (Å²) in [5.74, 6) is -2.39. The van der Waals surface area contributed by atoms with Gasteiger partial charge in [-0.15, -0.1) is 0 Å². The van der Waals surface area contributed by atoms with E-state index in [0.29, 0.717) is 0 Å². The first kappa shape index (κ1) is 12.1. The first-order chi connectivity index (χ1) is 7.54. The van der Waals surface area contributed by atoms with Crippen LogP contribution in [-0.2, 0) is 4.79 Å². The molecule has 0 radical (unpaired) electrons. The summed E-state index contributed by atoms with van der Waals surface area (Å²) in [7, 11) is 1.59. The number of hydrogen-bond acceptors (Lipinski definition) is 3. The lowest BCUT2D eigenvalue weighted by Crippen LogP contribution is -2.25. The van der Waals surface area contributed by atoms with Crippen molar-refractivity contribution in [1.82, 2.24) is 5.32 Å². The van der Waals surface area contributed by atoms with Gasteiger partial charge in [-0.1, -0.05) is 0 Å². The van der Waals surface area contributed by atoms with E-state index in [1.807, 2.05) is 0 Å². The Kier molecular flexibility index (Phi) is 3.96. The van der Waals surface area contributed by atoms with Gasteiger partial charge in [0.2, 0.25) is 5.91 Å². The minimum absolute atomic E-state index is 0.0368. The average molecular weight is 226 g/mol. The standard InChI is InChI=1S/C10H11FN2O3/c1-12-5-9(14)13-8-3-2-6(10(15)16)4-7(8)11/h2-4,12H,5H2,1H3,(H,13,14)(H,15,16). The minimum Gasteiger partial charge on any atom is -0.478 e. The quantitative estimate of drug-likeness (QED) is 0.705. The summed E-state index contributed by atoms with van der Waals surface area (Å²) in [6.07, 6.45) is 0. The van der Waals surface area contributed by atoms with E-state index in [-0.39, 0.29) is 17.8 Å². The number of anilines is 1. The van der Waals surface area contributed by atoms with E-state index >= 15 is 0 Å². The number of carboxylic acid groups (broad SMARTS) is 1. The number of halogens is 1. The fourth-order valence-electron chi connectivity index (χ4n) is 1.10. The van der Waals surface area contributed by atoms with Crippen LogP contribution in [0.4, 0.5) is 10.1 Å². The number of nitrogens with one attached hydrogen (secondary N) is 2. The molecular formula is C10H11FN2O3. The van der Waals surface area contributed by atoms with E-state index < -0.39 is 17.7 Å². The summed E-state index contributed by atoms with van der Waals surface area (Å²) in [5.41, 5.74) is -0.200. The van der Waals surface area contributed by atoms with E-state index in [1.54, 1.807) is 7.05 Å². The lowest BCUT2D eigenvalue weighted by atomic mass is 10.2. The molecule has 0 heterocycles. The predicted octanol–water partition coefficient (Wildman–Crippen LogP) is 0.682. The molecule has 3 N–H and O–H groups in total. The van der Waals surface area contributed by atoms with Gasteiger partial charge in [0.05, 0.1) is 17.8 Å². The number of carbonyl (C=O) groups is 2. The second kappa shape index (κ2) is 5.22. The van der Waals surface area contributed by atoms with Crippen molar-refractivity contribution in [2.75, 3.05) is 18.9 Å². The maximum absolute atomic E-state index is 13.3. The monoisotopic (exact) mass is 226 g/mol. The number of benzene rings is 1. The van der Waals surface area contributed by atoms with Crippen molar-refractivity contribution in [3.05, 3.63) is 29.6 Å². The predicted molar refractivity (Wildman–Crippen MR) is 55.9 cm³/mol. The van der Waals surface area contributed by atoms with Gasteiger partial charge in [0.15, 0.2) is 0 Å². The zero-order valence-corrected chi connectivity index (χ0v) is 8.58. The number of hydrogen-bond donors (Lipinski definition) is 3. The lowest BCUT2D eigenvalue weighted by molar-refractivity contribution is -0.115. The largest absolute Gasteiger partial charge is 0.478 e. The van der Waals surface area contributed by atoms with Crippen molar-refractivity contribution in [1.29, 1.82) is 0 Å². The Labute approximate surface area is 91.3 Å². The summed E-state index contributed by atoms with van der Waals surface area (Å²) in [4.78, 5) is 21.7. The molecule has 1 aromatic carbocycles. The smallest absolute Gasteiger partial charge is 0.335 e. The second-order valence-electron chi connectivity index (χ2n) is 3.08. The topological polar surface area (TPSA) is 78.4 Å². The fraction of sp³-hybridized carbons (Fsp3) is 0.200. The molecule has 0 saturated heterocycles. The molecule has 6 heteroatoms. The van der Waals surface area contributed by atoms with Crippen LogP contribution >= 0.6 is 0 Å². The van der Waals surface area contributed by atoms with Gasteiger partial charge in [-0.2, -0.15) is 0 Å². The normalized spacial score (nSPS) is 9.88. The van der Waals surface area contributed by atoms with E-state index in [4.69, 9.17) is 5.11 Å². The molecule has 86 valence electrons. The third kappa shape index (κ3) is 3.03. The van der Waals surface area contributed by atoms with Crippen LogP contribution in [0.5, 0.6) is 0 Å². The molecule has 0 spiro atoms. The molecule has 0 unspecified atom stereocenters. The molecule has 0 saturated carbocycles. The Bertz CT molecular complexity index is 421. The highest BCUT2D eigenvalue weighted by Crippen LogP contribution is 2.15. The molecule has 0 fully saturated rings. The average Bonchev–Trinajstić information content (AvgIpc) is 2.21. The van der Waals surface area contributed by atoms with Gasteiger partial charge < -0.3 is 15.7 Å². The van der Waals surface area contributed by atoms with Gasteiger partial charge in [0.25, 0.3) is 0 Å². The Hall–Kier alpha value is -1.95. The third-order valence-corrected chi connectivity index (χ3v) is 1.83. The van der Waals surface area contributed by atoms with Crippen LogP contribution in [-0.4, -0.2) is 30.6 Å². The molecule has 1 aromatic rings. The van der Waals surface area contributed by atoms with E-state index in [2.05, 4.69) is 10.6 Å². The van der Waals surface area contributed by atoms with Gasteiger partial charge in [0, 0.05) is 0 Å². The number of likely N-dealkylation sites (N-methyl/N-ethyl adjacent to an activating group) is 1. The Morgan fingerprint density at radius 1 is 1.44 bits per heavy atom. The molecule has 0 aliphatic carbocycles. The van der Waals surface area contributed by atoms with Crippen LogP contribution in [0.25, 0.3) is 0 Å². The summed E-state index contributed by atoms with van der Waals surface area (Å²) in [6.45, 7) is 0.0557. The first-order valence-corrected chi connectivity index (χ1v) is 4.52. The second-order valence-corrected chi connectivity index (χ2v) is 3.08. The number of amides is 1. The Morgan fingerprint density at radius 2 is 2.12 bits per heavy atom. The van der Waals surface area contributed by atoms with Crippen molar-refractivity contribution >= 4 is 17.6 Å². The van der Waals surface area contributed by atoms with E-state index in [9.17, 15) is 14.0 Å². The van der Waals surface area contributed by atoms with Crippen LogP contribution in [0, 0.1) is 5.82 Å². The molecule has 1 amide bonds. The molecule has 0 aromatic heterocycles. The SMILES string of the molecule is CNCC(=O)Nc1ccc(C(=O)O)cc1F. The number of rotatable bonds is 4. The summed E-state index contributed by atoms with van der Waals surface area (Å²) in [6, 6.07) is 3.30. The summed E-state index contributed by atoms with van der Waals surface area (Å²) < 4.78 is 13.3. The van der Waals surface area contributed by atoms with Crippen LogP contribution in [0.1, 0.15) is 10.4 Å². The molecule has 5 nitrogen and oxygen atoms in total. The van der Waals surface area contributed by atoms with Gasteiger partial charge in [0.1, 0.15) is 5.82 Å². The summed E-state index contributed by atoms with van der Waals surface area (Å²) >= 11 is 0.